The summed E-state index contributed by atoms with van der Waals surface area (Å²) in [6.07, 6.45) is 16.6. The maximum absolute atomic E-state index is 6.07. The van der Waals surface area contributed by atoms with Gasteiger partial charge in [-0.25, -0.2) is 0 Å². The highest BCUT2D eigenvalue weighted by Crippen LogP contribution is 2.53. The molecule has 3 saturated carbocycles. The average Bonchev–Trinajstić information content (AvgIpc) is 2.52. The number of hydrogen-bond donors (Lipinski definition) is 0. The summed E-state index contributed by atoms with van der Waals surface area (Å²) in [6, 6.07) is 0. The van der Waals surface area contributed by atoms with E-state index in [1.54, 1.807) is 12.8 Å². The van der Waals surface area contributed by atoms with Gasteiger partial charge in [0.15, 0.2) is 0 Å². The molecule has 0 heterocycles. The summed E-state index contributed by atoms with van der Waals surface area (Å²) in [7, 11) is 0. The highest BCUT2D eigenvalue weighted by atomic mass is 16.5. The molecule has 0 bridgehead atoms. The van der Waals surface area contributed by atoms with Crippen LogP contribution in [0.3, 0.4) is 0 Å². The lowest BCUT2D eigenvalue weighted by Gasteiger charge is -2.50. The topological polar surface area (TPSA) is 9.23 Å². The normalized spacial score (nSPS) is 43.1. The molecule has 0 aliphatic heterocycles. The molecule has 0 N–H and O–H groups in total. The Kier molecular flexibility index (Phi) is 5.65. The van der Waals surface area contributed by atoms with Crippen LogP contribution in [0.25, 0.3) is 0 Å². The van der Waals surface area contributed by atoms with Gasteiger partial charge in [-0.1, -0.05) is 33.1 Å². The molecule has 1 heteroatoms. The molecule has 1 nitrogen and oxygen atoms in total. The first-order valence-electron chi connectivity index (χ1n) is 9.93. The van der Waals surface area contributed by atoms with Crippen molar-refractivity contribution >= 4 is 0 Å². The van der Waals surface area contributed by atoms with Crippen molar-refractivity contribution in [2.75, 3.05) is 6.61 Å². The van der Waals surface area contributed by atoms with Crippen molar-refractivity contribution in [3.05, 3.63) is 0 Å². The third-order valence-electron chi connectivity index (χ3n) is 6.86. The summed E-state index contributed by atoms with van der Waals surface area (Å²) in [6.45, 7) is 5.57. The maximum atomic E-state index is 6.07. The maximum Gasteiger partial charge on any atom is 0.0578 e. The molecule has 21 heavy (non-hydrogen) atoms. The number of hydrogen-bond acceptors (Lipinski definition) is 1. The van der Waals surface area contributed by atoms with E-state index in [1.165, 1.54) is 57.8 Å². The fourth-order valence-corrected chi connectivity index (χ4v) is 5.95. The van der Waals surface area contributed by atoms with E-state index in [1.807, 2.05) is 0 Å². The summed E-state index contributed by atoms with van der Waals surface area (Å²) in [5.74, 6) is 5.31. The van der Waals surface area contributed by atoms with Gasteiger partial charge in [-0.15, -0.1) is 0 Å². The van der Waals surface area contributed by atoms with E-state index in [0.29, 0.717) is 6.10 Å². The minimum atomic E-state index is 0.596. The van der Waals surface area contributed by atoms with Crippen molar-refractivity contribution in [3.8, 4) is 0 Å². The number of ether oxygens (including phenoxy) is 1. The van der Waals surface area contributed by atoms with Gasteiger partial charge in [-0.2, -0.15) is 0 Å². The molecule has 6 atom stereocenters. The van der Waals surface area contributed by atoms with Crippen molar-refractivity contribution in [1.82, 2.24) is 0 Å². The molecule has 3 rings (SSSR count). The minimum absolute atomic E-state index is 0.596. The van der Waals surface area contributed by atoms with E-state index in [-0.39, 0.29) is 0 Å². The Labute approximate surface area is 132 Å². The first-order valence-corrected chi connectivity index (χ1v) is 9.93. The minimum Gasteiger partial charge on any atom is -0.378 e. The molecule has 122 valence electrons. The van der Waals surface area contributed by atoms with E-state index in [9.17, 15) is 0 Å². The molecular formula is C20H36O. The second kappa shape index (κ2) is 7.49. The van der Waals surface area contributed by atoms with Crippen LogP contribution in [0, 0.1) is 29.6 Å². The molecule has 0 aromatic heterocycles. The van der Waals surface area contributed by atoms with E-state index >= 15 is 0 Å². The molecule has 0 amide bonds. The molecule has 6 unspecified atom stereocenters. The Bertz CT molecular complexity index is 313. The van der Waals surface area contributed by atoms with Gasteiger partial charge in [-0.05, 0) is 81.0 Å². The van der Waals surface area contributed by atoms with Crippen LogP contribution in [-0.4, -0.2) is 12.7 Å². The predicted octanol–water partition coefficient (Wildman–Crippen LogP) is 5.82. The lowest BCUT2D eigenvalue weighted by molar-refractivity contribution is -0.0530. The van der Waals surface area contributed by atoms with Crippen molar-refractivity contribution in [1.29, 1.82) is 0 Å². The molecule has 0 radical (unpaired) electrons. The van der Waals surface area contributed by atoms with E-state index in [0.717, 1.165) is 36.2 Å². The molecule has 0 aromatic carbocycles. The van der Waals surface area contributed by atoms with E-state index in [2.05, 4.69) is 13.8 Å². The lowest BCUT2D eigenvalue weighted by atomic mass is 9.56. The first-order chi connectivity index (χ1) is 10.3. The average molecular weight is 293 g/mol. The monoisotopic (exact) mass is 292 g/mol. The Hall–Kier alpha value is -0.0400. The molecule has 3 fully saturated rings. The van der Waals surface area contributed by atoms with Crippen LogP contribution in [-0.2, 0) is 4.74 Å². The highest BCUT2D eigenvalue weighted by molar-refractivity contribution is 4.94. The predicted molar refractivity (Wildman–Crippen MR) is 89.3 cm³/mol. The lowest BCUT2D eigenvalue weighted by Crippen LogP contribution is -2.42. The SMILES string of the molecule is CCCOC1CCC2C(CCC3CC(CCC)CCC32)C1. The van der Waals surface area contributed by atoms with Gasteiger partial charge in [0.25, 0.3) is 0 Å². The fourth-order valence-electron chi connectivity index (χ4n) is 5.95. The zero-order valence-electron chi connectivity index (χ0n) is 14.4. The number of fused-ring (bicyclic) bond motifs is 3. The van der Waals surface area contributed by atoms with Crippen LogP contribution in [0.5, 0.6) is 0 Å². The first kappa shape index (κ1) is 15.8. The second-order valence-electron chi connectivity index (χ2n) is 8.20. The molecular weight excluding hydrogens is 256 g/mol. The van der Waals surface area contributed by atoms with E-state index in [4.69, 9.17) is 4.74 Å². The molecule has 0 aromatic rings. The summed E-state index contributed by atoms with van der Waals surface area (Å²) >= 11 is 0. The van der Waals surface area contributed by atoms with Crippen LogP contribution in [0.1, 0.15) is 84.5 Å². The Morgan fingerprint density at radius 1 is 0.762 bits per heavy atom. The van der Waals surface area contributed by atoms with Gasteiger partial charge in [-0.3, -0.25) is 0 Å². The smallest absolute Gasteiger partial charge is 0.0578 e. The van der Waals surface area contributed by atoms with Crippen LogP contribution < -0.4 is 0 Å². The zero-order valence-corrected chi connectivity index (χ0v) is 14.4. The van der Waals surface area contributed by atoms with Crippen LogP contribution in [0.15, 0.2) is 0 Å². The largest absolute Gasteiger partial charge is 0.378 e. The van der Waals surface area contributed by atoms with E-state index < -0.39 is 0 Å². The Morgan fingerprint density at radius 2 is 1.48 bits per heavy atom. The highest BCUT2D eigenvalue weighted by Gasteiger charge is 2.44. The van der Waals surface area contributed by atoms with Crippen molar-refractivity contribution < 1.29 is 4.74 Å². The van der Waals surface area contributed by atoms with Crippen LogP contribution in [0.4, 0.5) is 0 Å². The molecule has 3 aliphatic rings. The Balaban J connectivity index is 1.54. The van der Waals surface area contributed by atoms with Crippen LogP contribution >= 0.6 is 0 Å². The Morgan fingerprint density at radius 3 is 2.19 bits per heavy atom. The molecule has 0 saturated heterocycles. The van der Waals surface area contributed by atoms with Gasteiger partial charge >= 0.3 is 0 Å². The summed E-state index contributed by atoms with van der Waals surface area (Å²) in [5, 5.41) is 0. The molecule has 3 aliphatic carbocycles. The fraction of sp³-hybridized carbons (Fsp3) is 1.00. The van der Waals surface area contributed by atoms with Gasteiger partial charge < -0.3 is 4.74 Å². The van der Waals surface area contributed by atoms with Crippen molar-refractivity contribution in [2.24, 2.45) is 29.6 Å². The zero-order chi connectivity index (χ0) is 14.7. The van der Waals surface area contributed by atoms with Gasteiger partial charge in [0.2, 0.25) is 0 Å². The van der Waals surface area contributed by atoms with Gasteiger partial charge in [0, 0.05) is 6.61 Å². The van der Waals surface area contributed by atoms with Gasteiger partial charge in [0.05, 0.1) is 6.10 Å². The molecule has 0 spiro atoms. The third kappa shape index (κ3) is 3.66. The standard InChI is InChI=1S/C20H36O/c1-3-5-15-6-10-19-16(13-15)7-8-17-14-18(21-12-4-2)9-11-20(17)19/h15-20H,3-14H2,1-2H3. The van der Waals surface area contributed by atoms with Crippen molar-refractivity contribution in [2.45, 2.75) is 90.6 Å². The summed E-state index contributed by atoms with van der Waals surface area (Å²) in [5.41, 5.74) is 0. The van der Waals surface area contributed by atoms with Crippen LogP contribution in [0.2, 0.25) is 0 Å². The summed E-state index contributed by atoms with van der Waals surface area (Å²) < 4.78 is 6.07. The number of rotatable bonds is 5. The third-order valence-corrected chi connectivity index (χ3v) is 6.86. The van der Waals surface area contributed by atoms with Crippen molar-refractivity contribution in [3.63, 3.8) is 0 Å². The second-order valence-corrected chi connectivity index (χ2v) is 8.20. The summed E-state index contributed by atoms with van der Waals surface area (Å²) in [4.78, 5) is 0. The quantitative estimate of drug-likeness (QED) is 0.620. The van der Waals surface area contributed by atoms with Gasteiger partial charge in [0.1, 0.15) is 0 Å².